The van der Waals surface area contributed by atoms with Crippen molar-refractivity contribution in [1.29, 1.82) is 0 Å². The number of anilines is 1. The van der Waals surface area contributed by atoms with Gasteiger partial charge in [0.1, 0.15) is 0 Å². The van der Waals surface area contributed by atoms with Crippen molar-refractivity contribution in [3.05, 3.63) is 101 Å². The van der Waals surface area contributed by atoms with Crippen molar-refractivity contribution in [1.82, 2.24) is 5.32 Å². The molecule has 0 bridgehead atoms. The van der Waals surface area contributed by atoms with Crippen LogP contribution >= 0.6 is 0 Å². The smallest absolute Gasteiger partial charge is 0.252 e. The monoisotopic (exact) mass is 358 g/mol. The molecule has 2 N–H and O–H groups in total. The summed E-state index contributed by atoms with van der Waals surface area (Å²) in [6.45, 7) is 3.48. The summed E-state index contributed by atoms with van der Waals surface area (Å²) in [5.41, 5.74) is 4.28. The number of rotatable bonds is 5. The number of amides is 2. The Balaban J connectivity index is 1.89. The highest BCUT2D eigenvalue weighted by molar-refractivity contribution is 5.97. The summed E-state index contributed by atoms with van der Waals surface area (Å²) in [7, 11) is 0. The zero-order valence-electron chi connectivity index (χ0n) is 15.4. The van der Waals surface area contributed by atoms with E-state index in [2.05, 4.69) is 10.6 Å². The van der Waals surface area contributed by atoms with Gasteiger partial charge in [-0.1, -0.05) is 66.2 Å². The number of nitrogens with one attached hydrogen (secondary N) is 2. The van der Waals surface area contributed by atoms with E-state index in [-0.39, 0.29) is 17.9 Å². The van der Waals surface area contributed by atoms with Crippen molar-refractivity contribution in [2.24, 2.45) is 0 Å². The Labute approximate surface area is 159 Å². The fraction of sp³-hybridized carbons (Fsp3) is 0.130. The van der Waals surface area contributed by atoms with Gasteiger partial charge in [0.15, 0.2) is 0 Å². The second-order valence-corrected chi connectivity index (χ2v) is 6.49. The second kappa shape index (κ2) is 8.32. The summed E-state index contributed by atoms with van der Waals surface area (Å²) in [4.78, 5) is 24.1. The Hall–Kier alpha value is -3.40. The lowest BCUT2D eigenvalue weighted by atomic mass is 9.97. The first-order chi connectivity index (χ1) is 13.0. The molecule has 0 aliphatic heterocycles. The van der Waals surface area contributed by atoms with Crippen LogP contribution in [0.25, 0.3) is 0 Å². The lowest BCUT2D eigenvalue weighted by Crippen LogP contribution is -2.29. The molecule has 0 saturated carbocycles. The van der Waals surface area contributed by atoms with Gasteiger partial charge in [0.25, 0.3) is 5.91 Å². The van der Waals surface area contributed by atoms with Crippen LogP contribution in [0.2, 0.25) is 0 Å². The largest absolute Gasteiger partial charge is 0.341 e. The van der Waals surface area contributed by atoms with Gasteiger partial charge in [-0.05, 0) is 36.2 Å². The molecule has 4 nitrogen and oxygen atoms in total. The third-order valence-electron chi connectivity index (χ3n) is 4.26. The standard InChI is InChI=1S/C23H22N2O2/c1-16-11-13-19(14-12-16)22(18-7-4-3-5-8-18)25-23(27)20-9-6-10-21(15-20)24-17(2)26/h3-15,22H,1-2H3,(H,24,26)(H,25,27). The highest BCUT2D eigenvalue weighted by Crippen LogP contribution is 2.23. The third-order valence-corrected chi connectivity index (χ3v) is 4.26. The van der Waals surface area contributed by atoms with Crippen LogP contribution in [-0.2, 0) is 4.79 Å². The fourth-order valence-electron chi connectivity index (χ4n) is 2.92. The molecule has 27 heavy (non-hydrogen) atoms. The van der Waals surface area contributed by atoms with Crippen molar-refractivity contribution in [3.63, 3.8) is 0 Å². The van der Waals surface area contributed by atoms with Gasteiger partial charge < -0.3 is 10.6 Å². The van der Waals surface area contributed by atoms with Gasteiger partial charge in [-0.25, -0.2) is 0 Å². The Morgan fingerprint density at radius 3 is 2.15 bits per heavy atom. The zero-order valence-corrected chi connectivity index (χ0v) is 15.4. The second-order valence-electron chi connectivity index (χ2n) is 6.49. The molecule has 3 aromatic rings. The number of aryl methyl sites for hydroxylation is 1. The third kappa shape index (κ3) is 4.82. The van der Waals surface area contributed by atoms with Crippen molar-refractivity contribution in [3.8, 4) is 0 Å². The van der Waals surface area contributed by atoms with Gasteiger partial charge in [-0.15, -0.1) is 0 Å². The minimum atomic E-state index is -0.260. The minimum absolute atomic E-state index is 0.172. The summed E-state index contributed by atoms with van der Waals surface area (Å²) < 4.78 is 0. The van der Waals surface area contributed by atoms with Crippen LogP contribution in [0, 0.1) is 6.92 Å². The lowest BCUT2D eigenvalue weighted by molar-refractivity contribution is -0.114. The van der Waals surface area contributed by atoms with Crippen LogP contribution < -0.4 is 10.6 Å². The average molecular weight is 358 g/mol. The Morgan fingerprint density at radius 2 is 1.48 bits per heavy atom. The van der Waals surface area contributed by atoms with Crippen LogP contribution in [0.5, 0.6) is 0 Å². The number of carbonyl (C=O) groups is 2. The topological polar surface area (TPSA) is 58.2 Å². The van der Waals surface area contributed by atoms with Crippen molar-refractivity contribution < 1.29 is 9.59 Å². The molecule has 2 amide bonds. The average Bonchev–Trinajstić information content (AvgIpc) is 2.67. The first-order valence-electron chi connectivity index (χ1n) is 8.83. The summed E-state index contributed by atoms with van der Waals surface area (Å²) in [5.74, 6) is -0.369. The Kier molecular flexibility index (Phi) is 5.67. The molecule has 0 aromatic heterocycles. The Bertz CT molecular complexity index is 934. The van der Waals surface area contributed by atoms with E-state index >= 15 is 0 Å². The molecule has 3 rings (SSSR count). The van der Waals surface area contributed by atoms with E-state index in [1.807, 2.05) is 61.5 Å². The maximum atomic E-state index is 12.9. The van der Waals surface area contributed by atoms with Crippen LogP contribution in [0.4, 0.5) is 5.69 Å². The van der Waals surface area contributed by atoms with Gasteiger partial charge >= 0.3 is 0 Å². The van der Waals surface area contributed by atoms with E-state index in [9.17, 15) is 9.59 Å². The van der Waals surface area contributed by atoms with E-state index in [4.69, 9.17) is 0 Å². The van der Waals surface area contributed by atoms with E-state index in [0.29, 0.717) is 11.3 Å². The maximum absolute atomic E-state index is 12.9. The summed E-state index contributed by atoms with van der Waals surface area (Å²) in [6.07, 6.45) is 0. The van der Waals surface area contributed by atoms with Gasteiger partial charge in [0, 0.05) is 18.2 Å². The quantitative estimate of drug-likeness (QED) is 0.707. The predicted molar refractivity (Wildman–Crippen MR) is 108 cm³/mol. The molecule has 136 valence electrons. The molecule has 0 aliphatic carbocycles. The maximum Gasteiger partial charge on any atom is 0.252 e. The highest BCUT2D eigenvalue weighted by atomic mass is 16.2. The van der Waals surface area contributed by atoms with Crippen molar-refractivity contribution >= 4 is 17.5 Å². The summed E-state index contributed by atoms with van der Waals surface area (Å²) in [5, 5.41) is 5.82. The molecular formula is C23H22N2O2. The molecule has 0 fully saturated rings. The molecule has 0 radical (unpaired) electrons. The zero-order chi connectivity index (χ0) is 19.2. The molecule has 3 aromatic carbocycles. The number of hydrogen-bond acceptors (Lipinski definition) is 2. The first-order valence-corrected chi connectivity index (χ1v) is 8.83. The molecule has 1 unspecified atom stereocenters. The van der Waals surface area contributed by atoms with E-state index < -0.39 is 0 Å². The van der Waals surface area contributed by atoms with E-state index in [1.54, 1.807) is 24.3 Å². The van der Waals surface area contributed by atoms with E-state index in [1.165, 1.54) is 12.5 Å². The first kappa shape index (κ1) is 18.4. The minimum Gasteiger partial charge on any atom is -0.341 e. The van der Waals surface area contributed by atoms with Crippen LogP contribution in [0.3, 0.4) is 0 Å². The summed E-state index contributed by atoms with van der Waals surface area (Å²) >= 11 is 0. The van der Waals surface area contributed by atoms with E-state index in [0.717, 1.165) is 11.1 Å². The van der Waals surface area contributed by atoms with Gasteiger partial charge in [0.2, 0.25) is 5.91 Å². The number of hydrogen-bond donors (Lipinski definition) is 2. The summed E-state index contributed by atoms with van der Waals surface area (Å²) in [6, 6.07) is 24.7. The Morgan fingerprint density at radius 1 is 0.815 bits per heavy atom. The number of benzene rings is 3. The molecular weight excluding hydrogens is 336 g/mol. The van der Waals surface area contributed by atoms with Crippen LogP contribution in [-0.4, -0.2) is 11.8 Å². The molecule has 0 spiro atoms. The van der Waals surface area contributed by atoms with Gasteiger partial charge in [-0.2, -0.15) is 0 Å². The normalized spacial score (nSPS) is 11.5. The fourth-order valence-corrected chi connectivity index (χ4v) is 2.92. The van der Waals surface area contributed by atoms with Gasteiger partial charge in [0.05, 0.1) is 6.04 Å². The van der Waals surface area contributed by atoms with Gasteiger partial charge in [-0.3, -0.25) is 9.59 Å². The highest BCUT2D eigenvalue weighted by Gasteiger charge is 2.18. The number of carbonyl (C=O) groups excluding carboxylic acids is 2. The molecule has 4 heteroatoms. The lowest BCUT2D eigenvalue weighted by Gasteiger charge is -2.20. The molecule has 0 heterocycles. The predicted octanol–water partition coefficient (Wildman–Crippen LogP) is 4.47. The van der Waals surface area contributed by atoms with Crippen molar-refractivity contribution in [2.45, 2.75) is 19.9 Å². The van der Waals surface area contributed by atoms with Crippen LogP contribution in [0.1, 0.15) is 40.0 Å². The molecule has 0 saturated heterocycles. The molecule has 0 aliphatic rings. The SMILES string of the molecule is CC(=O)Nc1cccc(C(=O)NC(c2ccccc2)c2ccc(C)cc2)c1. The van der Waals surface area contributed by atoms with Crippen molar-refractivity contribution in [2.75, 3.05) is 5.32 Å². The molecule has 1 atom stereocenters. The van der Waals surface area contributed by atoms with Crippen LogP contribution in [0.15, 0.2) is 78.9 Å².